The van der Waals surface area contributed by atoms with Gasteiger partial charge in [-0.15, -0.1) is 0 Å². The molecule has 2 heterocycles. The van der Waals surface area contributed by atoms with E-state index >= 15 is 0 Å². The second-order valence-corrected chi connectivity index (χ2v) is 9.36. The van der Waals surface area contributed by atoms with Gasteiger partial charge in [0.1, 0.15) is 0 Å². The molecule has 0 radical (unpaired) electrons. The fraction of sp³-hybridized carbons (Fsp3) is 0.300. The van der Waals surface area contributed by atoms with Crippen LogP contribution in [0.4, 0.5) is 0 Å². The number of rotatable bonds is 4. The highest BCUT2D eigenvalue weighted by Gasteiger charge is 2.33. The Morgan fingerprint density at radius 1 is 1.18 bits per heavy atom. The summed E-state index contributed by atoms with van der Waals surface area (Å²) >= 11 is 5.88. The molecule has 0 N–H and O–H groups in total. The van der Waals surface area contributed by atoms with Crippen molar-refractivity contribution < 1.29 is 12.9 Å². The Bertz CT molecular complexity index is 1080. The molecule has 8 heteroatoms. The average molecular weight is 418 g/mol. The molecule has 0 amide bonds. The fourth-order valence-corrected chi connectivity index (χ4v) is 5.07. The molecule has 146 valence electrons. The van der Waals surface area contributed by atoms with E-state index in [1.807, 2.05) is 31.2 Å². The normalized spacial score (nSPS) is 18.3. The Morgan fingerprint density at radius 3 is 2.71 bits per heavy atom. The quantitative estimate of drug-likeness (QED) is 0.633. The highest BCUT2D eigenvalue weighted by atomic mass is 35.5. The molecule has 1 saturated heterocycles. The maximum atomic E-state index is 13.0. The molecule has 0 spiro atoms. The predicted molar refractivity (Wildman–Crippen MR) is 107 cm³/mol. The van der Waals surface area contributed by atoms with Crippen molar-refractivity contribution in [3.8, 4) is 11.4 Å². The van der Waals surface area contributed by atoms with Crippen LogP contribution in [0.15, 0.2) is 57.9 Å². The molecule has 1 aliphatic rings. The zero-order valence-electron chi connectivity index (χ0n) is 15.4. The SMILES string of the molecule is Cc1cccc(-c2noc([C@@H]3CCCN(S(=O)(=O)c4ccc(Cl)cc4)C3)n2)c1. The molecule has 4 rings (SSSR count). The number of nitrogens with zero attached hydrogens (tertiary/aromatic N) is 3. The van der Waals surface area contributed by atoms with Gasteiger partial charge in [-0.25, -0.2) is 8.42 Å². The van der Waals surface area contributed by atoms with Gasteiger partial charge in [0, 0.05) is 23.7 Å². The Morgan fingerprint density at radius 2 is 1.96 bits per heavy atom. The van der Waals surface area contributed by atoms with Gasteiger partial charge >= 0.3 is 0 Å². The van der Waals surface area contributed by atoms with Gasteiger partial charge in [-0.05, 0) is 50.1 Å². The first kappa shape index (κ1) is 19.1. The number of aryl methyl sites for hydroxylation is 1. The molecule has 3 aromatic rings. The van der Waals surface area contributed by atoms with Gasteiger partial charge in [0.2, 0.25) is 21.7 Å². The number of benzene rings is 2. The molecule has 1 fully saturated rings. The first-order valence-electron chi connectivity index (χ1n) is 9.10. The largest absolute Gasteiger partial charge is 0.339 e. The lowest BCUT2D eigenvalue weighted by Crippen LogP contribution is -2.39. The summed E-state index contributed by atoms with van der Waals surface area (Å²) in [4.78, 5) is 4.77. The van der Waals surface area contributed by atoms with E-state index in [4.69, 9.17) is 16.1 Å². The number of hydrogen-bond donors (Lipinski definition) is 0. The third kappa shape index (κ3) is 3.83. The third-order valence-corrected chi connectivity index (χ3v) is 7.03. The van der Waals surface area contributed by atoms with Crippen molar-refractivity contribution in [1.29, 1.82) is 0 Å². The van der Waals surface area contributed by atoms with Crippen molar-refractivity contribution in [1.82, 2.24) is 14.4 Å². The molecule has 2 aromatic carbocycles. The van der Waals surface area contributed by atoms with Gasteiger partial charge in [0.15, 0.2) is 0 Å². The Balaban J connectivity index is 1.55. The van der Waals surface area contributed by atoms with Gasteiger partial charge in [0.05, 0.1) is 10.8 Å². The van der Waals surface area contributed by atoms with Crippen molar-refractivity contribution in [3.05, 3.63) is 65.0 Å². The molecule has 1 atom stereocenters. The number of aromatic nitrogens is 2. The predicted octanol–water partition coefficient (Wildman–Crippen LogP) is 4.27. The first-order chi connectivity index (χ1) is 13.4. The van der Waals surface area contributed by atoms with Gasteiger partial charge < -0.3 is 4.52 Å². The number of halogens is 1. The van der Waals surface area contributed by atoms with E-state index < -0.39 is 10.0 Å². The minimum Gasteiger partial charge on any atom is -0.339 e. The van der Waals surface area contributed by atoms with Crippen molar-refractivity contribution in [2.75, 3.05) is 13.1 Å². The van der Waals surface area contributed by atoms with Gasteiger partial charge in [-0.3, -0.25) is 0 Å². The zero-order chi connectivity index (χ0) is 19.7. The minimum absolute atomic E-state index is 0.123. The Labute approximate surface area is 169 Å². The van der Waals surface area contributed by atoms with Crippen LogP contribution in [0, 0.1) is 6.92 Å². The maximum Gasteiger partial charge on any atom is 0.243 e. The average Bonchev–Trinajstić information content (AvgIpc) is 3.19. The number of hydrogen-bond acceptors (Lipinski definition) is 5. The molecular formula is C20H20ClN3O3S. The van der Waals surface area contributed by atoms with Crippen molar-refractivity contribution in [2.45, 2.75) is 30.6 Å². The fourth-order valence-electron chi connectivity index (χ4n) is 3.42. The zero-order valence-corrected chi connectivity index (χ0v) is 16.9. The maximum absolute atomic E-state index is 13.0. The summed E-state index contributed by atoms with van der Waals surface area (Å²) in [5.41, 5.74) is 2.00. The highest BCUT2D eigenvalue weighted by molar-refractivity contribution is 7.89. The summed E-state index contributed by atoms with van der Waals surface area (Å²) in [6.45, 7) is 2.80. The van der Waals surface area contributed by atoms with Crippen LogP contribution in [0.1, 0.15) is 30.2 Å². The second-order valence-electron chi connectivity index (χ2n) is 6.98. The second kappa shape index (κ2) is 7.66. The van der Waals surface area contributed by atoms with Crippen LogP contribution >= 0.6 is 11.6 Å². The smallest absolute Gasteiger partial charge is 0.243 e. The molecule has 1 aliphatic heterocycles. The summed E-state index contributed by atoms with van der Waals surface area (Å²) in [7, 11) is -3.59. The van der Waals surface area contributed by atoms with Crippen LogP contribution in [-0.4, -0.2) is 36.0 Å². The summed E-state index contributed by atoms with van der Waals surface area (Å²) in [5, 5.41) is 4.59. The molecule has 6 nitrogen and oxygen atoms in total. The van der Waals surface area contributed by atoms with E-state index in [1.165, 1.54) is 16.4 Å². The standard InChI is InChI=1S/C20H20ClN3O3S/c1-14-4-2-5-15(12-14)19-22-20(27-23-19)16-6-3-11-24(13-16)28(25,26)18-9-7-17(21)8-10-18/h2,4-5,7-10,12,16H,3,6,11,13H2,1H3/t16-/m1/s1. The van der Waals surface area contributed by atoms with Gasteiger partial charge in [-0.2, -0.15) is 9.29 Å². The highest BCUT2D eigenvalue weighted by Crippen LogP contribution is 2.31. The number of piperidine rings is 1. The monoisotopic (exact) mass is 417 g/mol. The van der Waals surface area contributed by atoms with E-state index in [0.29, 0.717) is 29.8 Å². The topological polar surface area (TPSA) is 76.3 Å². The third-order valence-electron chi connectivity index (χ3n) is 4.90. The van der Waals surface area contributed by atoms with Gasteiger partial charge in [0.25, 0.3) is 0 Å². The van der Waals surface area contributed by atoms with E-state index in [9.17, 15) is 8.42 Å². The molecule has 0 aliphatic carbocycles. The van der Waals surface area contributed by atoms with Crippen molar-refractivity contribution in [2.24, 2.45) is 0 Å². The lowest BCUT2D eigenvalue weighted by atomic mass is 10.00. The Kier molecular flexibility index (Phi) is 5.23. The molecule has 0 unspecified atom stereocenters. The summed E-state index contributed by atoms with van der Waals surface area (Å²) < 4.78 is 32.9. The van der Waals surface area contributed by atoms with Crippen LogP contribution in [0.2, 0.25) is 5.02 Å². The molecular weight excluding hydrogens is 398 g/mol. The molecule has 0 saturated carbocycles. The van der Waals surface area contributed by atoms with Crippen LogP contribution in [0.25, 0.3) is 11.4 Å². The summed E-state index contributed by atoms with van der Waals surface area (Å²) in [5.74, 6) is 0.880. The van der Waals surface area contributed by atoms with Crippen molar-refractivity contribution >= 4 is 21.6 Å². The number of sulfonamides is 1. The lowest BCUT2D eigenvalue weighted by Gasteiger charge is -2.30. The Hall–Kier alpha value is -2.22. The van der Waals surface area contributed by atoms with Crippen LogP contribution in [0.5, 0.6) is 0 Å². The van der Waals surface area contributed by atoms with Gasteiger partial charge in [-0.1, -0.05) is 40.5 Å². The van der Waals surface area contributed by atoms with E-state index in [-0.39, 0.29) is 10.8 Å². The molecule has 1 aromatic heterocycles. The van der Waals surface area contributed by atoms with E-state index in [1.54, 1.807) is 12.1 Å². The minimum atomic E-state index is -3.59. The van der Waals surface area contributed by atoms with Crippen LogP contribution in [-0.2, 0) is 10.0 Å². The lowest BCUT2D eigenvalue weighted by molar-refractivity contribution is 0.265. The molecule has 0 bridgehead atoms. The van der Waals surface area contributed by atoms with E-state index in [0.717, 1.165) is 24.0 Å². The molecule has 28 heavy (non-hydrogen) atoms. The van der Waals surface area contributed by atoms with E-state index in [2.05, 4.69) is 10.1 Å². The van der Waals surface area contributed by atoms with Crippen LogP contribution < -0.4 is 0 Å². The van der Waals surface area contributed by atoms with Crippen LogP contribution in [0.3, 0.4) is 0 Å². The summed E-state index contributed by atoms with van der Waals surface area (Å²) in [6, 6.07) is 14.1. The van der Waals surface area contributed by atoms with Crippen molar-refractivity contribution in [3.63, 3.8) is 0 Å². The first-order valence-corrected chi connectivity index (χ1v) is 10.9. The summed E-state index contributed by atoms with van der Waals surface area (Å²) in [6.07, 6.45) is 1.54.